The van der Waals surface area contributed by atoms with Crippen molar-refractivity contribution in [3.05, 3.63) is 53.9 Å². The molecule has 1 aromatic carbocycles. The van der Waals surface area contributed by atoms with E-state index in [4.69, 9.17) is 4.42 Å². The van der Waals surface area contributed by atoms with E-state index in [1.165, 1.54) is 5.56 Å². The number of hydrogen-bond donors (Lipinski definition) is 0. The average Bonchev–Trinajstić information content (AvgIpc) is 3.15. The molecule has 3 rings (SSSR count). The smallest absolute Gasteiger partial charge is 0.194 e. The summed E-state index contributed by atoms with van der Waals surface area (Å²) in [4.78, 5) is 0. The van der Waals surface area contributed by atoms with Crippen LogP contribution >= 0.6 is 0 Å². The summed E-state index contributed by atoms with van der Waals surface area (Å²) in [7, 11) is 0. The molecule has 3 aromatic rings. The molecule has 0 radical (unpaired) electrons. The summed E-state index contributed by atoms with van der Waals surface area (Å²) in [6.45, 7) is 6.50. The molecule has 0 aliphatic rings. The zero-order chi connectivity index (χ0) is 15.7. The van der Waals surface area contributed by atoms with Gasteiger partial charge in [0.05, 0.1) is 12.0 Å². The fraction of sp³-hybridized carbons (Fsp3) is 0.235. The van der Waals surface area contributed by atoms with Crippen LogP contribution in [0.5, 0.6) is 0 Å². The fourth-order valence-electron chi connectivity index (χ4n) is 2.27. The highest BCUT2D eigenvalue weighted by molar-refractivity contribution is 5.62. The third-order valence-electron chi connectivity index (χ3n) is 3.51. The predicted octanol–water partition coefficient (Wildman–Crippen LogP) is 3.70. The van der Waals surface area contributed by atoms with Gasteiger partial charge in [-0.15, -0.1) is 5.10 Å². The van der Waals surface area contributed by atoms with Crippen LogP contribution < -0.4 is 0 Å². The minimum Gasteiger partial charge on any atom is -0.463 e. The maximum atomic E-state index is 9.22. The molecule has 0 spiro atoms. The minimum atomic E-state index is 0.0859. The normalized spacial score (nSPS) is 11.4. The van der Waals surface area contributed by atoms with Gasteiger partial charge in [0.1, 0.15) is 11.8 Å². The molecule has 0 amide bonds. The third-order valence-corrected chi connectivity index (χ3v) is 3.51. The van der Waals surface area contributed by atoms with Crippen molar-refractivity contribution < 1.29 is 4.42 Å². The molecular weight excluding hydrogens is 276 g/mol. The Balaban J connectivity index is 2.10. The lowest BCUT2D eigenvalue weighted by molar-refractivity contribution is 0.576. The average molecular weight is 292 g/mol. The van der Waals surface area contributed by atoms with Crippen molar-refractivity contribution in [2.24, 2.45) is 0 Å². The van der Waals surface area contributed by atoms with Gasteiger partial charge >= 0.3 is 0 Å². The van der Waals surface area contributed by atoms with E-state index < -0.39 is 0 Å². The van der Waals surface area contributed by atoms with Gasteiger partial charge in [-0.3, -0.25) is 0 Å². The molecule has 0 atom stereocenters. The van der Waals surface area contributed by atoms with E-state index in [-0.39, 0.29) is 11.1 Å². The van der Waals surface area contributed by atoms with E-state index in [1.54, 1.807) is 23.1 Å². The van der Waals surface area contributed by atoms with Crippen LogP contribution in [0.2, 0.25) is 0 Å². The van der Waals surface area contributed by atoms with Crippen LogP contribution in [-0.2, 0) is 5.41 Å². The van der Waals surface area contributed by atoms with Crippen LogP contribution in [0.25, 0.3) is 17.1 Å². The molecule has 110 valence electrons. The van der Waals surface area contributed by atoms with E-state index >= 15 is 0 Å². The second kappa shape index (κ2) is 5.15. The maximum absolute atomic E-state index is 9.22. The first kappa shape index (κ1) is 14.1. The minimum absolute atomic E-state index is 0.0859. The molecule has 0 unspecified atom stereocenters. The van der Waals surface area contributed by atoms with E-state index in [9.17, 15) is 5.26 Å². The molecule has 0 saturated heterocycles. The number of aromatic nitrogens is 3. The number of nitrogens with zero attached hydrogens (tertiary/aromatic N) is 4. The highest BCUT2D eigenvalue weighted by Gasteiger charge is 2.19. The Hall–Kier alpha value is -2.87. The number of nitriles is 1. The third kappa shape index (κ3) is 2.40. The van der Waals surface area contributed by atoms with E-state index in [1.807, 2.05) is 12.1 Å². The first-order valence-electron chi connectivity index (χ1n) is 7.01. The van der Waals surface area contributed by atoms with Gasteiger partial charge in [-0.1, -0.05) is 38.1 Å². The van der Waals surface area contributed by atoms with Crippen molar-refractivity contribution in [1.82, 2.24) is 15.0 Å². The Morgan fingerprint density at radius 3 is 2.41 bits per heavy atom. The number of benzene rings is 1. The zero-order valence-corrected chi connectivity index (χ0v) is 12.7. The Kier molecular flexibility index (Phi) is 3.30. The Morgan fingerprint density at radius 1 is 1.14 bits per heavy atom. The molecular formula is C17H16N4O. The predicted molar refractivity (Wildman–Crippen MR) is 82.5 cm³/mol. The van der Waals surface area contributed by atoms with Crippen molar-refractivity contribution in [2.45, 2.75) is 26.2 Å². The molecule has 2 heterocycles. The Bertz CT molecular complexity index is 815. The van der Waals surface area contributed by atoms with Crippen molar-refractivity contribution in [1.29, 1.82) is 5.26 Å². The van der Waals surface area contributed by atoms with Crippen molar-refractivity contribution >= 4 is 0 Å². The molecule has 0 aliphatic carbocycles. The van der Waals surface area contributed by atoms with Crippen molar-refractivity contribution in [2.75, 3.05) is 0 Å². The summed E-state index contributed by atoms with van der Waals surface area (Å²) < 4.78 is 7.04. The second-order valence-corrected chi connectivity index (χ2v) is 6.08. The highest BCUT2D eigenvalue weighted by atomic mass is 16.3. The zero-order valence-electron chi connectivity index (χ0n) is 12.7. The second-order valence-electron chi connectivity index (χ2n) is 6.08. The summed E-state index contributed by atoms with van der Waals surface area (Å²) in [5, 5.41) is 17.2. The Labute approximate surface area is 128 Å². The summed E-state index contributed by atoms with van der Waals surface area (Å²) in [5.41, 5.74) is 2.97. The fourth-order valence-corrected chi connectivity index (χ4v) is 2.27. The van der Waals surface area contributed by atoms with Crippen molar-refractivity contribution in [3.8, 4) is 23.2 Å². The molecule has 5 nitrogen and oxygen atoms in total. The molecule has 0 N–H and O–H groups in total. The van der Waals surface area contributed by atoms with Gasteiger partial charge in [-0.05, 0) is 35.2 Å². The molecule has 5 heteroatoms. The lowest BCUT2D eigenvalue weighted by Crippen LogP contribution is -2.11. The topological polar surface area (TPSA) is 67.6 Å². The largest absolute Gasteiger partial charge is 0.463 e. The number of hydrogen-bond acceptors (Lipinski definition) is 4. The number of furan rings is 1. The molecule has 0 aliphatic heterocycles. The van der Waals surface area contributed by atoms with E-state index in [0.29, 0.717) is 11.5 Å². The molecule has 2 aromatic heterocycles. The molecule has 0 bridgehead atoms. The monoisotopic (exact) mass is 292 g/mol. The lowest BCUT2D eigenvalue weighted by atomic mass is 9.87. The number of rotatable bonds is 2. The lowest BCUT2D eigenvalue weighted by Gasteiger charge is -2.19. The summed E-state index contributed by atoms with van der Waals surface area (Å²) in [6.07, 6.45) is 1.57. The van der Waals surface area contributed by atoms with Gasteiger partial charge in [0.15, 0.2) is 11.5 Å². The van der Waals surface area contributed by atoms with E-state index in [0.717, 1.165) is 5.69 Å². The van der Waals surface area contributed by atoms with Crippen LogP contribution in [0.15, 0.2) is 47.1 Å². The van der Waals surface area contributed by atoms with Crippen LogP contribution in [0.1, 0.15) is 32.0 Å². The van der Waals surface area contributed by atoms with Gasteiger partial charge in [0.2, 0.25) is 0 Å². The van der Waals surface area contributed by atoms with Crippen LogP contribution in [-0.4, -0.2) is 15.0 Å². The SMILES string of the molecule is CC(C)(C)c1ccc(-n2nnc(C#N)c2-c2ccco2)cc1. The van der Waals surface area contributed by atoms with E-state index in [2.05, 4.69) is 49.3 Å². The van der Waals surface area contributed by atoms with Gasteiger partial charge in [0.25, 0.3) is 0 Å². The van der Waals surface area contributed by atoms with Crippen LogP contribution in [0, 0.1) is 11.3 Å². The van der Waals surface area contributed by atoms with Crippen LogP contribution in [0.3, 0.4) is 0 Å². The Morgan fingerprint density at radius 2 is 1.86 bits per heavy atom. The standard InChI is InChI=1S/C17H16N4O/c1-17(2,3)12-6-8-13(9-7-12)21-16(14(11-18)19-20-21)15-5-4-10-22-15/h4-10H,1-3H3. The van der Waals surface area contributed by atoms with Gasteiger partial charge in [-0.25, -0.2) is 4.68 Å². The first-order chi connectivity index (χ1) is 10.5. The molecule has 22 heavy (non-hydrogen) atoms. The van der Waals surface area contributed by atoms with Gasteiger partial charge in [-0.2, -0.15) is 5.26 Å². The highest BCUT2D eigenvalue weighted by Crippen LogP contribution is 2.27. The van der Waals surface area contributed by atoms with Gasteiger partial charge < -0.3 is 4.42 Å². The quantitative estimate of drug-likeness (QED) is 0.722. The first-order valence-corrected chi connectivity index (χ1v) is 7.01. The molecule has 0 fully saturated rings. The summed E-state index contributed by atoms with van der Waals surface area (Å²) >= 11 is 0. The van der Waals surface area contributed by atoms with Crippen LogP contribution in [0.4, 0.5) is 0 Å². The molecule has 0 saturated carbocycles. The maximum Gasteiger partial charge on any atom is 0.194 e. The summed E-state index contributed by atoms with van der Waals surface area (Å²) in [5.74, 6) is 0.571. The summed E-state index contributed by atoms with van der Waals surface area (Å²) in [6, 6.07) is 13.7. The van der Waals surface area contributed by atoms with Gasteiger partial charge in [0, 0.05) is 0 Å². The van der Waals surface area contributed by atoms with Crippen molar-refractivity contribution in [3.63, 3.8) is 0 Å².